The monoisotopic (exact) mass is 422 g/mol. The van der Waals surface area contributed by atoms with E-state index in [1.165, 1.54) is 25.1 Å². The summed E-state index contributed by atoms with van der Waals surface area (Å²) < 4.78 is 39.1. The molecule has 2 amide bonds. The van der Waals surface area contributed by atoms with E-state index in [2.05, 4.69) is 10.6 Å². The van der Waals surface area contributed by atoms with Crippen LogP contribution in [0.4, 0.5) is 24.5 Å². The summed E-state index contributed by atoms with van der Waals surface area (Å²) in [5, 5.41) is 4.95. The second-order valence-electron chi connectivity index (χ2n) is 6.73. The van der Waals surface area contributed by atoms with E-state index >= 15 is 0 Å². The first-order valence-corrected chi connectivity index (χ1v) is 9.30. The summed E-state index contributed by atoms with van der Waals surface area (Å²) in [5.74, 6) is -1.07. The van der Waals surface area contributed by atoms with Crippen molar-refractivity contribution in [3.8, 4) is 0 Å². The van der Waals surface area contributed by atoms with Gasteiger partial charge in [0.2, 0.25) is 0 Å². The Morgan fingerprint density at radius 2 is 1.47 bits per heavy atom. The Bertz CT molecular complexity index is 912. The molecule has 0 fully saturated rings. The van der Waals surface area contributed by atoms with Crippen LogP contribution in [0.1, 0.15) is 29.8 Å². The largest absolute Gasteiger partial charge is 0.418 e. The van der Waals surface area contributed by atoms with Gasteiger partial charge in [0.05, 0.1) is 17.8 Å². The van der Waals surface area contributed by atoms with E-state index in [0.29, 0.717) is 22.7 Å². The molecule has 0 aliphatic carbocycles. The SMILES string of the molecule is CC[NH+](CC(=O)Nc1ccc(C(C)=O)cc1)CC(=O)Nc1ccccc1C(F)(F)F. The minimum absolute atomic E-state index is 0.0424. The molecule has 0 saturated carbocycles. The molecule has 0 bridgehead atoms. The third kappa shape index (κ3) is 6.70. The van der Waals surface area contributed by atoms with Crippen LogP contribution in [0.2, 0.25) is 0 Å². The number of hydrogen-bond donors (Lipinski definition) is 3. The standard InChI is InChI=1S/C21H22F3N3O3/c1-3-27(12-19(29)25-16-10-8-15(9-11-16)14(2)28)13-20(30)26-18-7-5-4-6-17(18)21(22,23)24/h4-11H,3,12-13H2,1-2H3,(H,25,29)(H,26,30)/p+1. The zero-order valence-corrected chi connectivity index (χ0v) is 16.6. The van der Waals surface area contributed by atoms with Crippen LogP contribution in [0, 0.1) is 0 Å². The van der Waals surface area contributed by atoms with E-state index in [9.17, 15) is 27.6 Å². The number of anilines is 2. The smallest absolute Gasteiger partial charge is 0.321 e. The molecule has 2 rings (SSSR count). The highest BCUT2D eigenvalue weighted by molar-refractivity contribution is 5.96. The summed E-state index contributed by atoms with van der Waals surface area (Å²) in [5.41, 5.74) is -0.225. The number of amides is 2. The number of hydrogen-bond acceptors (Lipinski definition) is 3. The van der Waals surface area contributed by atoms with Crippen molar-refractivity contribution in [3.05, 3.63) is 59.7 Å². The third-order valence-electron chi connectivity index (χ3n) is 4.40. The van der Waals surface area contributed by atoms with Gasteiger partial charge in [-0.3, -0.25) is 14.4 Å². The van der Waals surface area contributed by atoms with E-state index < -0.39 is 17.6 Å². The van der Waals surface area contributed by atoms with Crippen LogP contribution in [0.5, 0.6) is 0 Å². The van der Waals surface area contributed by atoms with Gasteiger partial charge in [0.15, 0.2) is 18.9 Å². The van der Waals surface area contributed by atoms with Crippen LogP contribution in [0.25, 0.3) is 0 Å². The van der Waals surface area contributed by atoms with Gasteiger partial charge >= 0.3 is 6.18 Å². The average molecular weight is 422 g/mol. The number of ketones is 1. The number of nitrogens with one attached hydrogen (secondary N) is 3. The van der Waals surface area contributed by atoms with Gasteiger partial charge in [-0.2, -0.15) is 13.2 Å². The Kier molecular flexibility index (Phi) is 7.71. The molecule has 0 radical (unpaired) electrons. The van der Waals surface area contributed by atoms with Crippen molar-refractivity contribution in [2.24, 2.45) is 0 Å². The molecule has 6 nitrogen and oxygen atoms in total. The first-order valence-electron chi connectivity index (χ1n) is 9.30. The average Bonchev–Trinajstić information content (AvgIpc) is 2.67. The Hall–Kier alpha value is -3.20. The summed E-state index contributed by atoms with van der Waals surface area (Å²) in [6.07, 6.45) is -4.58. The molecule has 0 heterocycles. The lowest BCUT2D eigenvalue weighted by Crippen LogP contribution is -3.13. The molecule has 2 aromatic carbocycles. The predicted octanol–water partition coefficient (Wildman–Crippen LogP) is 2.39. The van der Waals surface area contributed by atoms with Gasteiger partial charge in [-0.15, -0.1) is 0 Å². The molecule has 0 aromatic heterocycles. The maximum absolute atomic E-state index is 13.0. The highest BCUT2D eigenvalue weighted by Gasteiger charge is 2.33. The summed E-state index contributed by atoms with van der Waals surface area (Å²) in [7, 11) is 0. The van der Waals surface area contributed by atoms with Crippen molar-refractivity contribution in [1.82, 2.24) is 0 Å². The van der Waals surface area contributed by atoms with Crippen LogP contribution in [0.3, 0.4) is 0 Å². The van der Waals surface area contributed by atoms with Gasteiger partial charge in [-0.05, 0) is 50.2 Å². The van der Waals surface area contributed by atoms with Crippen LogP contribution < -0.4 is 15.5 Å². The van der Waals surface area contributed by atoms with Gasteiger partial charge in [0, 0.05) is 11.3 Å². The molecule has 9 heteroatoms. The first kappa shape index (κ1) is 23.1. The summed E-state index contributed by atoms with van der Waals surface area (Å²) in [6.45, 7) is 3.42. The Labute approximate surface area is 172 Å². The quantitative estimate of drug-likeness (QED) is 0.572. The van der Waals surface area contributed by atoms with Crippen molar-refractivity contribution < 1.29 is 32.5 Å². The van der Waals surface area contributed by atoms with Crippen LogP contribution in [-0.2, 0) is 15.8 Å². The molecule has 0 saturated heterocycles. The Morgan fingerprint density at radius 1 is 0.900 bits per heavy atom. The number of para-hydroxylation sites is 1. The highest BCUT2D eigenvalue weighted by atomic mass is 19.4. The number of quaternary nitrogens is 1. The molecule has 0 aliphatic rings. The van der Waals surface area contributed by atoms with Gasteiger partial charge in [-0.1, -0.05) is 12.1 Å². The molecular formula is C21H23F3N3O3+. The van der Waals surface area contributed by atoms with Crippen molar-refractivity contribution in [2.45, 2.75) is 20.0 Å². The minimum Gasteiger partial charge on any atom is -0.321 e. The van der Waals surface area contributed by atoms with Crippen LogP contribution in [-0.4, -0.2) is 37.2 Å². The number of halogens is 3. The zero-order chi connectivity index (χ0) is 22.3. The number of rotatable bonds is 8. The van der Waals surface area contributed by atoms with E-state index in [1.807, 2.05) is 0 Å². The van der Waals surface area contributed by atoms with Crippen molar-refractivity contribution in [2.75, 3.05) is 30.3 Å². The molecule has 2 aromatic rings. The fraction of sp³-hybridized carbons (Fsp3) is 0.286. The van der Waals surface area contributed by atoms with E-state index in [-0.39, 0.29) is 30.5 Å². The van der Waals surface area contributed by atoms with E-state index in [1.54, 1.807) is 31.2 Å². The minimum atomic E-state index is -4.58. The van der Waals surface area contributed by atoms with Crippen LogP contribution >= 0.6 is 0 Å². The Morgan fingerprint density at radius 3 is 2.00 bits per heavy atom. The number of benzene rings is 2. The number of alkyl halides is 3. The van der Waals surface area contributed by atoms with Gasteiger partial charge in [0.1, 0.15) is 0 Å². The lowest BCUT2D eigenvalue weighted by molar-refractivity contribution is -0.881. The number of carbonyl (C=O) groups excluding carboxylic acids is 3. The van der Waals surface area contributed by atoms with Crippen molar-refractivity contribution in [1.29, 1.82) is 0 Å². The second-order valence-corrected chi connectivity index (χ2v) is 6.73. The van der Waals surface area contributed by atoms with Gasteiger partial charge in [0.25, 0.3) is 11.8 Å². The number of Topliss-reactive ketones (excluding diaryl/α,β-unsaturated/α-hetero) is 1. The highest BCUT2D eigenvalue weighted by Crippen LogP contribution is 2.34. The van der Waals surface area contributed by atoms with Gasteiger partial charge < -0.3 is 15.5 Å². The van der Waals surface area contributed by atoms with Crippen LogP contribution in [0.15, 0.2) is 48.5 Å². The molecule has 30 heavy (non-hydrogen) atoms. The molecule has 0 aliphatic heterocycles. The molecule has 3 N–H and O–H groups in total. The third-order valence-corrected chi connectivity index (χ3v) is 4.40. The lowest BCUT2D eigenvalue weighted by Gasteiger charge is -2.18. The number of carbonyl (C=O) groups is 3. The lowest BCUT2D eigenvalue weighted by atomic mass is 10.1. The molecule has 1 unspecified atom stereocenters. The first-order chi connectivity index (χ1) is 14.1. The number of likely N-dealkylation sites (N-methyl/N-ethyl adjacent to an activating group) is 1. The fourth-order valence-electron chi connectivity index (χ4n) is 2.79. The van der Waals surface area contributed by atoms with Gasteiger partial charge in [-0.25, -0.2) is 0 Å². The summed E-state index contributed by atoms with van der Waals surface area (Å²) >= 11 is 0. The molecular weight excluding hydrogens is 399 g/mol. The summed E-state index contributed by atoms with van der Waals surface area (Å²) in [6, 6.07) is 11.1. The summed E-state index contributed by atoms with van der Waals surface area (Å²) in [4.78, 5) is 36.3. The zero-order valence-electron chi connectivity index (χ0n) is 16.6. The van der Waals surface area contributed by atoms with Crippen molar-refractivity contribution in [3.63, 3.8) is 0 Å². The maximum atomic E-state index is 13.0. The topological polar surface area (TPSA) is 79.7 Å². The van der Waals surface area contributed by atoms with E-state index in [4.69, 9.17) is 0 Å². The second kappa shape index (κ2) is 10.0. The molecule has 1 atom stereocenters. The maximum Gasteiger partial charge on any atom is 0.418 e. The molecule has 0 spiro atoms. The van der Waals surface area contributed by atoms with Crippen molar-refractivity contribution >= 4 is 29.0 Å². The Balaban J connectivity index is 1.94. The molecule has 160 valence electrons. The fourth-order valence-corrected chi connectivity index (χ4v) is 2.79. The van der Waals surface area contributed by atoms with E-state index in [0.717, 1.165) is 6.07 Å². The normalized spacial score (nSPS) is 12.2. The predicted molar refractivity (Wildman–Crippen MR) is 106 cm³/mol.